The maximum atomic E-state index is 13.5. The van der Waals surface area contributed by atoms with Crippen LogP contribution in [0.3, 0.4) is 0 Å². The van der Waals surface area contributed by atoms with Crippen LogP contribution in [-0.4, -0.2) is 69.4 Å². The Labute approximate surface area is 502 Å². The Kier molecular flexibility index (Phi) is 58.7. The third kappa shape index (κ3) is 61.8. The number of likely N-dealkylation sites (N-methyl/N-ethyl adjacent to an activating group) is 1. The molecule has 0 bridgehead atoms. The number of phosphoric ester groups is 1. The summed E-state index contributed by atoms with van der Waals surface area (Å²) in [5, 5.41) is 3.02. The van der Waals surface area contributed by atoms with Crippen LogP contribution in [0.1, 0.15) is 316 Å². The lowest BCUT2D eigenvalue weighted by atomic mass is 10.0. The molecule has 472 valence electrons. The molecule has 0 aromatic carbocycles. The van der Waals surface area contributed by atoms with Crippen LogP contribution in [0.15, 0.2) is 72.9 Å². The fraction of sp³-hybridized carbons (Fsp3) is 0.803. The molecule has 10 heteroatoms. The van der Waals surface area contributed by atoms with Crippen molar-refractivity contribution in [2.24, 2.45) is 0 Å². The smallest absolute Gasteiger partial charge is 0.306 e. The molecule has 0 aliphatic rings. The molecule has 0 aliphatic heterocycles. The van der Waals surface area contributed by atoms with Gasteiger partial charge >= 0.3 is 5.97 Å². The van der Waals surface area contributed by atoms with Gasteiger partial charge in [0.1, 0.15) is 19.3 Å². The fourth-order valence-corrected chi connectivity index (χ4v) is 10.5. The Balaban J connectivity index is 5.02. The zero-order valence-electron chi connectivity index (χ0n) is 54.0. The highest BCUT2D eigenvalue weighted by atomic mass is 31.2. The summed E-state index contributed by atoms with van der Waals surface area (Å²) in [5.74, 6) is -0.559. The highest BCUT2D eigenvalue weighted by molar-refractivity contribution is 7.45. The van der Waals surface area contributed by atoms with E-state index in [-0.39, 0.29) is 24.9 Å². The van der Waals surface area contributed by atoms with E-state index in [9.17, 15) is 19.0 Å². The molecule has 0 rings (SSSR count). The van der Waals surface area contributed by atoms with Gasteiger partial charge in [0.15, 0.2) is 0 Å². The molecular formula is C71H131N2O7P. The Bertz CT molecular complexity index is 1620. The van der Waals surface area contributed by atoms with Gasteiger partial charge < -0.3 is 28.5 Å². The van der Waals surface area contributed by atoms with Crippen LogP contribution >= 0.6 is 7.82 Å². The Hall–Kier alpha value is -2.55. The SMILES string of the molecule is CCCCC/C=C\C/C=C\C/C=C\CCCCCCC(=O)NC(COP(=O)([O-])OCC[N+](C)(C)C)C(/C=C\CCCCCCCCCCC)OC(=O)CCCCCCCCCCCCCCCCCCC/C=C\C/C=C\CCCCC. The number of amides is 1. The Morgan fingerprint density at radius 3 is 1.15 bits per heavy atom. The molecule has 0 aromatic rings. The van der Waals surface area contributed by atoms with Crippen molar-refractivity contribution in [1.29, 1.82) is 0 Å². The molecule has 0 fully saturated rings. The average molecular weight is 1160 g/mol. The van der Waals surface area contributed by atoms with Crippen LogP contribution < -0.4 is 10.2 Å². The largest absolute Gasteiger partial charge is 0.756 e. The van der Waals surface area contributed by atoms with Gasteiger partial charge in [-0.05, 0) is 102 Å². The Morgan fingerprint density at radius 1 is 0.432 bits per heavy atom. The molecule has 0 aromatic heterocycles. The van der Waals surface area contributed by atoms with Crippen LogP contribution in [0, 0.1) is 0 Å². The number of carbonyl (C=O) groups is 2. The second kappa shape index (κ2) is 60.6. The first-order chi connectivity index (χ1) is 39.4. The zero-order chi connectivity index (χ0) is 59.3. The zero-order valence-corrected chi connectivity index (χ0v) is 54.9. The number of carbonyl (C=O) groups excluding carboxylic acids is 2. The van der Waals surface area contributed by atoms with Crippen LogP contribution in [-0.2, 0) is 27.9 Å². The van der Waals surface area contributed by atoms with Crippen molar-refractivity contribution in [3.63, 3.8) is 0 Å². The summed E-state index contributed by atoms with van der Waals surface area (Å²) < 4.78 is 30.4. The molecule has 0 spiro atoms. The first-order valence-corrected chi connectivity index (χ1v) is 35.7. The van der Waals surface area contributed by atoms with Crippen LogP contribution in [0.25, 0.3) is 0 Å². The van der Waals surface area contributed by atoms with Crippen molar-refractivity contribution < 1.29 is 37.3 Å². The van der Waals surface area contributed by atoms with Gasteiger partial charge in [-0.15, -0.1) is 0 Å². The molecule has 0 saturated carbocycles. The molecular weight excluding hydrogens is 1020 g/mol. The third-order valence-corrected chi connectivity index (χ3v) is 16.1. The summed E-state index contributed by atoms with van der Waals surface area (Å²) in [5.41, 5.74) is 0. The predicted octanol–water partition coefficient (Wildman–Crippen LogP) is 20.9. The van der Waals surface area contributed by atoms with Gasteiger partial charge in [0.25, 0.3) is 7.82 Å². The number of unbranched alkanes of at least 4 members (excludes halogenated alkanes) is 36. The monoisotopic (exact) mass is 1150 g/mol. The lowest BCUT2D eigenvalue weighted by molar-refractivity contribution is -0.870. The fourth-order valence-electron chi connectivity index (χ4n) is 9.80. The lowest BCUT2D eigenvalue weighted by Crippen LogP contribution is -2.47. The molecule has 0 radical (unpaired) electrons. The van der Waals surface area contributed by atoms with Crippen LogP contribution in [0.5, 0.6) is 0 Å². The number of allylic oxidation sites excluding steroid dienone is 11. The lowest BCUT2D eigenvalue weighted by Gasteiger charge is -2.30. The number of hydrogen-bond donors (Lipinski definition) is 1. The number of hydrogen-bond acceptors (Lipinski definition) is 7. The van der Waals surface area contributed by atoms with Crippen molar-refractivity contribution in [1.82, 2.24) is 5.32 Å². The van der Waals surface area contributed by atoms with E-state index < -0.39 is 26.6 Å². The molecule has 0 saturated heterocycles. The third-order valence-electron chi connectivity index (χ3n) is 15.1. The second-order valence-corrected chi connectivity index (χ2v) is 25.7. The van der Waals surface area contributed by atoms with E-state index in [1.54, 1.807) is 0 Å². The molecule has 3 atom stereocenters. The van der Waals surface area contributed by atoms with Crippen LogP contribution in [0.4, 0.5) is 0 Å². The summed E-state index contributed by atoms with van der Waals surface area (Å²) in [6, 6.07) is -0.901. The van der Waals surface area contributed by atoms with E-state index in [1.807, 2.05) is 33.3 Å². The molecule has 1 amide bonds. The van der Waals surface area contributed by atoms with Crippen molar-refractivity contribution in [2.75, 3.05) is 40.9 Å². The summed E-state index contributed by atoms with van der Waals surface area (Å²) in [6.07, 6.45) is 78.9. The van der Waals surface area contributed by atoms with Crippen molar-refractivity contribution in [3.8, 4) is 0 Å². The minimum Gasteiger partial charge on any atom is -0.756 e. The van der Waals surface area contributed by atoms with E-state index in [0.29, 0.717) is 23.9 Å². The highest BCUT2D eigenvalue weighted by Gasteiger charge is 2.27. The summed E-state index contributed by atoms with van der Waals surface area (Å²) >= 11 is 0. The van der Waals surface area contributed by atoms with Crippen LogP contribution in [0.2, 0.25) is 0 Å². The maximum absolute atomic E-state index is 13.5. The number of nitrogens with one attached hydrogen (secondary N) is 1. The van der Waals surface area contributed by atoms with Gasteiger partial charge in [-0.25, -0.2) is 0 Å². The van der Waals surface area contributed by atoms with Gasteiger partial charge in [-0.1, -0.05) is 274 Å². The highest BCUT2D eigenvalue weighted by Crippen LogP contribution is 2.38. The van der Waals surface area contributed by atoms with Gasteiger partial charge in [0, 0.05) is 12.8 Å². The van der Waals surface area contributed by atoms with Gasteiger partial charge in [-0.2, -0.15) is 0 Å². The molecule has 1 N–H and O–H groups in total. The Morgan fingerprint density at radius 2 is 0.753 bits per heavy atom. The molecule has 0 heterocycles. The van der Waals surface area contributed by atoms with Crippen molar-refractivity contribution in [3.05, 3.63) is 72.9 Å². The van der Waals surface area contributed by atoms with Gasteiger partial charge in [-0.3, -0.25) is 14.2 Å². The number of nitrogens with zero attached hydrogens (tertiary/aromatic N) is 1. The number of esters is 1. The molecule has 3 unspecified atom stereocenters. The molecule has 0 aliphatic carbocycles. The van der Waals surface area contributed by atoms with E-state index in [4.69, 9.17) is 13.8 Å². The number of ether oxygens (including phenoxy) is 1. The number of quaternary nitrogens is 1. The summed E-state index contributed by atoms with van der Waals surface area (Å²) in [4.78, 5) is 40.1. The normalized spacial score (nSPS) is 14.0. The molecule has 9 nitrogen and oxygen atoms in total. The number of phosphoric acid groups is 1. The van der Waals surface area contributed by atoms with E-state index in [2.05, 4.69) is 86.8 Å². The first kappa shape index (κ1) is 78.5. The minimum atomic E-state index is -4.71. The average Bonchev–Trinajstić information content (AvgIpc) is 3.44. The second-order valence-electron chi connectivity index (χ2n) is 24.3. The summed E-state index contributed by atoms with van der Waals surface area (Å²) in [6.45, 7) is 6.79. The quantitative estimate of drug-likeness (QED) is 0.0212. The summed E-state index contributed by atoms with van der Waals surface area (Å²) in [7, 11) is 1.17. The van der Waals surface area contributed by atoms with E-state index in [0.717, 1.165) is 83.5 Å². The standard InChI is InChI=1S/C71H131N2O7P/c1-7-10-13-16-19-22-25-27-29-31-32-33-34-35-36-37-38-39-40-42-44-46-49-52-55-58-61-64-71(75)80-69(62-59-56-53-50-47-24-21-18-15-12-9-3)68(67-79-81(76,77)78-66-65-73(4,5)6)72-70(74)63-60-57-54-51-48-45-43-41-30-28-26-23-20-17-14-11-8-2/h19-20,22-23,27-30,43,45,59,62,68-69H,7-18,21,24-26,31-42,44,46-58,60-61,63-67H2,1-6H3,(H-,72,74,76,77)/b22-19-,23-20-,29-27-,30-28-,45-43-,62-59-. The topological polar surface area (TPSA) is 114 Å². The predicted molar refractivity (Wildman–Crippen MR) is 348 cm³/mol. The minimum absolute atomic E-state index is 0.0279. The van der Waals surface area contributed by atoms with E-state index >= 15 is 0 Å². The maximum Gasteiger partial charge on any atom is 0.306 e. The van der Waals surface area contributed by atoms with Gasteiger partial charge in [0.2, 0.25) is 5.91 Å². The molecule has 81 heavy (non-hydrogen) atoms. The first-order valence-electron chi connectivity index (χ1n) is 34.2. The van der Waals surface area contributed by atoms with Crippen molar-refractivity contribution in [2.45, 2.75) is 328 Å². The van der Waals surface area contributed by atoms with E-state index in [1.165, 1.54) is 193 Å². The number of rotatable bonds is 62. The van der Waals surface area contributed by atoms with Gasteiger partial charge in [0.05, 0.1) is 33.8 Å². The van der Waals surface area contributed by atoms with Crippen molar-refractivity contribution >= 4 is 19.7 Å².